The first-order chi connectivity index (χ1) is 18.2. The van der Waals surface area contributed by atoms with Crippen molar-refractivity contribution in [3.63, 3.8) is 0 Å². The van der Waals surface area contributed by atoms with Crippen LogP contribution in [0, 0.1) is 5.41 Å². The third-order valence-corrected chi connectivity index (χ3v) is 7.54. The van der Waals surface area contributed by atoms with Crippen molar-refractivity contribution in [1.29, 1.82) is 5.41 Å². The summed E-state index contributed by atoms with van der Waals surface area (Å²) >= 11 is 0. The number of amidine groups is 1. The molecule has 11 heteroatoms. The van der Waals surface area contributed by atoms with Gasteiger partial charge in [0.05, 0.1) is 26.0 Å². The summed E-state index contributed by atoms with van der Waals surface area (Å²) in [5.74, 6) is 0.380. The number of aromatic nitrogens is 2. The van der Waals surface area contributed by atoms with Crippen LogP contribution in [0.25, 0.3) is 5.69 Å². The fraction of sp³-hybridized carbons (Fsp3) is 0.370. The standard InChI is InChI=1S/C27H26F3N5O3/c1-37-20-8-6-19(7-9-20)35-22-21(23(32-35)27(28,29)30)26(10-11-26)16-34(25(22)36)18-4-2-17(3-5-18)24(31)33-12-14-38-15-13-33/h2-9,31H,10-16H2,1H3. The lowest BCUT2D eigenvalue weighted by Gasteiger charge is -2.34. The lowest BCUT2D eigenvalue weighted by molar-refractivity contribution is -0.142. The number of benzene rings is 2. The number of carbonyl (C=O) groups is 1. The Morgan fingerprint density at radius 3 is 2.24 bits per heavy atom. The Hall–Kier alpha value is -3.86. The van der Waals surface area contributed by atoms with Gasteiger partial charge in [0.25, 0.3) is 5.91 Å². The van der Waals surface area contributed by atoms with Crippen LogP contribution in [0.2, 0.25) is 0 Å². The van der Waals surface area contributed by atoms with Gasteiger partial charge in [-0.1, -0.05) is 0 Å². The Kier molecular flexibility index (Phi) is 5.71. The van der Waals surface area contributed by atoms with Crippen molar-refractivity contribution in [2.75, 3.05) is 44.9 Å². The Bertz CT molecular complexity index is 1390. The number of anilines is 1. The maximum Gasteiger partial charge on any atom is 0.435 e. The van der Waals surface area contributed by atoms with E-state index in [-0.39, 0.29) is 17.8 Å². The number of rotatable bonds is 4. The largest absolute Gasteiger partial charge is 0.497 e. The zero-order valence-electron chi connectivity index (χ0n) is 20.7. The normalized spacial score (nSPS) is 18.5. The smallest absolute Gasteiger partial charge is 0.435 e. The van der Waals surface area contributed by atoms with E-state index in [2.05, 4.69) is 5.10 Å². The van der Waals surface area contributed by atoms with Gasteiger partial charge in [-0.2, -0.15) is 18.3 Å². The van der Waals surface area contributed by atoms with Crippen LogP contribution in [0.5, 0.6) is 5.75 Å². The molecule has 0 unspecified atom stereocenters. The van der Waals surface area contributed by atoms with Crippen molar-refractivity contribution >= 4 is 17.4 Å². The lowest BCUT2D eigenvalue weighted by atomic mass is 9.88. The number of hydrogen-bond donors (Lipinski definition) is 1. The maximum absolute atomic E-state index is 14.2. The van der Waals surface area contributed by atoms with E-state index in [1.807, 2.05) is 4.90 Å². The monoisotopic (exact) mass is 525 g/mol. The van der Waals surface area contributed by atoms with Gasteiger partial charge in [0.15, 0.2) is 5.69 Å². The number of nitrogens with one attached hydrogen (secondary N) is 1. The molecule has 1 amide bonds. The fourth-order valence-corrected chi connectivity index (χ4v) is 5.34. The van der Waals surface area contributed by atoms with Gasteiger partial charge >= 0.3 is 6.18 Å². The minimum Gasteiger partial charge on any atom is -0.497 e. The highest BCUT2D eigenvalue weighted by atomic mass is 19.4. The molecule has 3 aromatic rings. The molecule has 3 heterocycles. The summed E-state index contributed by atoms with van der Waals surface area (Å²) < 4.78 is 54.1. The summed E-state index contributed by atoms with van der Waals surface area (Å²) in [5, 5.41) is 12.5. The molecule has 38 heavy (non-hydrogen) atoms. The second kappa shape index (κ2) is 8.87. The van der Waals surface area contributed by atoms with Gasteiger partial charge < -0.3 is 19.3 Å². The molecular formula is C27H26F3N5O3. The number of ether oxygens (including phenoxy) is 2. The van der Waals surface area contributed by atoms with Gasteiger partial charge in [0.2, 0.25) is 0 Å². The zero-order valence-corrected chi connectivity index (χ0v) is 20.7. The van der Waals surface area contributed by atoms with Gasteiger partial charge in [-0.3, -0.25) is 10.2 Å². The van der Waals surface area contributed by atoms with Crippen LogP contribution in [0.15, 0.2) is 48.5 Å². The second-order valence-corrected chi connectivity index (χ2v) is 9.85. The molecule has 1 saturated carbocycles. The van der Waals surface area contributed by atoms with Gasteiger partial charge in [-0.05, 0) is 61.4 Å². The number of amides is 1. The quantitative estimate of drug-likeness (QED) is 0.407. The average molecular weight is 526 g/mol. The molecule has 1 aliphatic carbocycles. The van der Waals surface area contributed by atoms with Crippen molar-refractivity contribution in [3.8, 4) is 11.4 Å². The van der Waals surface area contributed by atoms with E-state index in [0.29, 0.717) is 67.7 Å². The highest BCUT2D eigenvalue weighted by molar-refractivity contribution is 6.09. The molecule has 1 N–H and O–H groups in total. The SMILES string of the molecule is COc1ccc(-n2nc(C(F)(F)F)c3c2C(=O)N(c2ccc(C(=N)N4CCOCC4)cc2)CC32CC2)cc1. The molecule has 2 aliphatic heterocycles. The van der Waals surface area contributed by atoms with Crippen LogP contribution >= 0.6 is 0 Å². The molecule has 6 rings (SSSR count). The Labute approximate surface area is 217 Å². The third kappa shape index (κ3) is 4.01. The molecule has 1 spiro atoms. The minimum absolute atomic E-state index is 0.00668. The molecule has 2 fully saturated rings. The number of hydrogen-bond acceptors (Lipinski definition) is 5. The first-order valence-corrected chi connectivity index (χ1v) is 12.4. The van der Waals surface area contributed by atoms with E-state index in [1.54, 1.807) is 53.4 Å². The van der Waals surface area contributed by atoms with E-state index in [9.17, 15) is 18.0 Å². The Balaban J connectivity index is 1.39. The molecule has 0 atom stereocenters. The molecule has 1 saturated heterocycles. The Morgan fingerprint density at radius 2 is 1.66 bits per heavy atom. The number of methoxy groups -OCH3 is 1. The van der Waals surface area contributed by atoms with Gasteiger partial charge in [-0.25, -0.2) is 4.68 Å². The van der Waals surface area contributed by atoms with Crippen LogP contribution < -0.4 is 9.64 Å². The molecule has 8 nitrogen and oxygen atoms in total. The van der Waals surface area contributed by atoms with Crippen molar-refractivity contribution in [3.05, 3.63) is 71.0 Å². The van der Waals surface area contributed by atoms with E-state index in [1.165, 1.54) is 7.11 Å². The number of halogens is 3. The molecule has 2 aromatic carbocycles. The first-order valence-electron chi connectivity index (χ1n) is 12.4. The van der Waals surface area contributed by atoms with Crippen molar-refractivity contribution in [1.82, 2.24) is 14.7 Å². The summed E-state index contributed by atoms with van der Waals surface area (Å²) in [4.78, 5) is 17.3. The predicted octanol–water partition coefficient (Wildman–Crippen LogP) is 4.25. The second-order valence-electron chi connectivity index (χ2n) is 9.85. The summed E-state index contributed by atoms with van der Waals surface area (Å²) in [5.41, 5.74) is -0.242. The number of nitrogens with zero attached hydrogens (tertiary/aromatic N) is 4. The zero-order chi connectivity index (χ0) is 26.7. The van der Waals surface area contributed by atoms with Crippen molar-refractivity contribution < 1.29 is 27.4 Å². The third-order valence-electron chi connectivity index (χ3n) is 7.54. The lowest BCUT2D eigenvalue weighted by Crippen LogP contribution is -2.45. The highest BCUT2D eigenvalue weighted by Crippen LogP contribution is 2.56. The maximum atomic E-state index is 14.2. The van der Waals surface area contributed by atoms with Crippen LogP contribution in [-0.4, -0.2) is 66.4 Å². The van der Waals surface area contributed by atoms with E-state index in [0.717, 1.165) is 4.68 Å². The predicted molar refractivity (Wildman–Crippen MR) is 133 cm³/mol. The van der Waals surface area contributed by atoms with Crippen LogP contribution in [0.4, 0.5) is 18.9 Å². The molecule has 3 aliphatic rings. The summed E-state index contributed by atoms with van der Waals surface area (Å²) in [6.07, 6.45) is -3.61. The fourth-order valence-electron chi connectivity index (χ4n) is 5.34. The first kappa shape index (κ1) is 24.5. The van der Waals surface area contributed by atoms with Gasteiger partial charge in [-0.15, -0.1) is 0 Å². The molecule has 1 aromatic heterocycles. The average Bonchev–Trinajstić information content (AvgIpc) is 3.57. The summed E-state index contributed by atoms with van der Waals surface area (Å²) in [6.45, 7) is 2.54. The van der Waals surface area contributed by atoms with Crippen molar-refractivity contribution in [2.45, 2.75) is 24.4 Å². The minimum atomic E-state index is -4.69. The number of fused-ring (bicyclic) bond motifs is 2. The molecular weight excluding hydrogens is 499 g/mol. The van der Waals surface area contributed by atoms with Crippen LogP contribution in [0.3, 0.4) is 0 Å². The van der Waals surface area contributed by atoms with Crippen molar-refractivity contribution in [2.24, 2.45) is 0 Å². The molecule has 0 radical (unpaired) electrons. The van der Waals surface area contributed by atoms with E-state index >= 15 is 0 Å². The number of carbonyl (C=O) groups excluding carboxylic acids is 1. The number of morpholine rings is 1. The molecule has 0 bridgehead atoms. The van der Waals surface area contributed by atoms with Gasteiger partial charge in [0.1, 0.15) is 17.3 Å². The van der Waals surface area contributed by atoms with E-state index < -0.39 is 23.2 Å². The Morgan fingerprint density at radius 1 is 1.03 bits per heavy atom. The highest BCUT2D eigenvalue weighted by Gasteiger charge is 2.58. The summed E-state index contributed by atoms with van der Waals surface area (Å²) in [7, 11) is 1.50. The molecule has 198 valence electrons. The van der Waals surface area contributed by atoms with Crippen LogP contribution in [0.1, 0.15) is 40.2 Å². The van der Waals surface area contributed by atoms with Crippen LogP contribution in [-0.2, 0) is 16.3 Å². The topological polar surface area (TPSA) is 83.7 Å². The van der Waals surface area contributed by atoms with E-state index in [4.69, 9.17) is 14.9 Å². The summed E-state index contributed by atoms with van der Waals surface area (Å²) in [6, 6.07) is 13.5. The van der Waals surface area contributed by atoms with Gasteiger partial charge in [0, 0.05) is 41.9 Å². The number of alkyl halides is 3.